The summed E-state index contributed by atoms with van der Waals surface area (Å²) in [4.78, 5) is 14.0. The molecule has 1 saturated heterocycles. The molecule has 6 heteroatoms. The van der Waals surface area contributed by atoms with Gasteiger partial charge in [-0.05, 0) is 12.3 Å². The van der Waals surface area contributed by atoms with Gasteiger partial charge in [0.25, 0.3) is 5.91 Å². The SMILES string of the molecule is COCc1cc(C(=O)N2CCC(Cl)C(C)C2)no1. The van der Waals surface area contributed by atoms with E-state index in [0.717, 1.165) is 6.42 Å². The summed E-state index contributed by atoms with van der Waals surface area (Å²) < 4.78 is 9.94. The van der Waals surface area contributed by atoms with E-state index >= 15 is 0 Å². The summed E-state index contributed by atoms with van der Waals surface area (Å²) in [6, 6.07) is 1.63. The number of piperidine rings is 1. The molecule has 0 radical (unpaired) electrons. The molecule has 0 bridgehead atoms. The zero-order valence-electron chi connectivity index (χ0n) is 10.6. The smallest absolute Gasteiger partial charge is 0.276 e. The Kier molecular flexibility index (Phi) is 4.24. The molecule has 2 rings (SSSR count). The molecule has 0 N–H and O–H groups in total. The average molecular weight is 273 g/mol. The Balaban J connectivity index is 2.02. The van der Waals surface area contributed by atoms with Crippen molar-refractivity contribution in [2.24, 2.45) is 5.92 Å². The molecule has 5 nitrogen and oxygen atoms in total. The van der Waals surface area contributed by atoms with E-state index in [4.69, 9.17) is 20.9 Å². The predicted octanol–water partition coefficient (Wildman–Crippen LogP) is 1.91. The van der Waals surface area contributed by atoms with E-state index in [0.29, 0.717) is 37.1 Å². The Morgan fingerprint density at radius 1 is 1.72 bits per heavy atom. The van der Waals surface area contributed by atoms with Crippen LogP contribution in [0.3, 0.4) is 0 Å². The summed E-state index contributed by atoms with van der Waals surface area (Å²) >= 11 is 6.14. The third-order valence-corrected chi connectivity index (χ3v) is 3.80. The van der Waals surface area contributed by atoms with Gasteiger partial charge in [-0.15, -0.1) is 11.6 Å². The zero-order valence-corrected chi connectivity index (χ0v) is 11.3. The third kappa shape index (κ3) is 2.84. The van der Waals surface area contributed by atoms with Crippen molar-refractivity contribution in [2.75, 3.05) is 20.2 Å². The number of aromatic nitrogens is 1. The average Bonchev–Trinajstić information content (AvgIpc) is 2.81. The van der Waals surface area contributed by atoms with Gasteiger partial charge in [-0.2, -0.15) is 0 Å². The number of nitrogens with zero attached hydrogens (tertiary/aromatic N) is 2. The fourth-order valence-corrected chi connectivity index (χ4v) is 2.26. The summed E-state index contributed by atoms with van der Waals surface area (Å²) in [5.74, 6) is 0.757. The molecule has 0 aliphatic carbocycles. The van der Waals surface area contributed by atoms with Crippen LogP contribution in [0.15, 0.2) is 10.6 Å². The Morgan fingerprint density at radius 2 is 2.50 bits per heavy atom. The molecule has 18 heavy (non-hydrogen) atoms. The highest BCUT2D eigenvalue weighted by Gasteiger charge is 2.29. The molecule has 2 heterocycles. The van der Waals surface area contributed by atoms with Gasteiger partial charge in [0, 0.05) is 31.6 Å². The Labute approximate surface area is 111 Å². The molecule has 2 unspecified atom stereocenters. The van der Waals surface area contributed by atoms with Crippen molar-refractivity contribution in [3.05, 3.63) is 17.5 Å². The standard InChI is InChI=1S/C12H17ClN2O3/c1-8-6-15(4-3-10(8)13)12(16)11-5-9(7-17-2)18-14-11/h5,8,10H,3-4,6-7H2,1-2H3. The topological polar surface area (TPSA) is 55.6 Å². The van der Waals surface area contributed by atoms with E-state index in [1.807, 2.05) is 0 Å². The summed E-state index contributed by atoms with van der Waals surface area (Å²) in [7, 11) is 1.57. The third-order valence-electron chi connectivity index (χ3n) is 3.15. The molecule has 0 saturated carbocycles. The first-order valence-corrected chi connectivity index (χ1v) is 6.43. The number of carbonyl (C=O) groups excluding carboxylic acids is 1. The van der Waals surface area contributed by atoms with Crippen LogP contribution in [0.25, 0.3) is 0 Å². The number of ether oxygens (including phenoxy) is 1. The lowest BCUT2D eigenvalue weighted by Gasteiger charge is -2.33. The van der Waals surface area contributed by atoms with E-state index in [1.165, 1.54) is 0 Å². The van der Waals surface area contributed by atoms with Crippen LogP contribution in [-0.4, -0.2) is 41.5 Å². The molecule has 1 aliphatic rings. The van der Waals surface area contributed by atoms with Crippen LogP contribution >= 0.6 is 11.6 Å². The lowest BCUT2D eigenvalue weighted by Crippen LogP contribution is -2.43. The van der Waals surface area contributed by atoms with Crippen molar-refractivity contribution in [1.82, 2.24) is 10.1 Å². The molecular formula is C12H17ClN2O3. The van der Waals surface area contributed by atoms with E-state index < -0.39 is 0 Å². The van der Waals surface area contributed by atoms with Crippen molar-refractivity contribution in [3.8, 4) is 0 Å². The zero-order chi connectivity index (χ0) is 13.1. The number of alkyl halides is 1. The van der Waals surface area contributed by atoms with Gasteiger partial charge in [-0.25, -0.2) is 0 Å². The number of amides is 1. The van der Waals surface area contributed by atoms with Gasteiger partial charge in [-0.1, -0.05) is 12.1 Å². The van der Waals surface area contributed by atoms with Crippen LogP contribution < -0.4 is 0 Å². The van der Waals surface area contributed by atoms with Gasteiger partial charge < -0.3 is 14.2 Å². The predicted molar refractivity (Wildman–Crippen MR) is 66.5 cm³/mol. The Hall–Kier alpha value is -1.07. The second kappa shape index (κ2) is 5.71. The number of halogens is 1. The van der Waals surface area contributed by atoms with Gasteiger partial charge in [0.1, 0.15) is 6.61 Å². The molecule has 0 aromatic carbocycles. The normalized spacial score (nSPS) is 24.3. The summed E-state index contributed by atoms with van der Waals surface area (Å²) in [5, 5.41) is 3.92. The summed E-state index contributed by atoms with van der Waals surface area (Å²) in [5.41, 5.74) is 0.335. The number of rotatable bonds is 3. The molecule has 1 amide bonds. The van der Waals surface area contributed by atoms with Gasteiger partial charge in [0.15, 0.2) is 11.5 Å². The number of likely N-dealkylation sites (tertiary alicyclic amines) is 1. The van der Waals surface area contributed by atoms with Crippen molar-refractivity contribution >= 4 is 17.5 Å². The second-order valence-electron chi connectivity index (χ2n) is 4.64. The molecule has 1 aromatic heterocycles. The lowest BCUT2D eigenvalue weighted by molar-refractivity contribution is 0.0676. The summed E-state index contributed by atoms with van der Waals surface area (Å²) in [6.07, 6.45) is 0.817. The number of hydrogen-bond donors (Lipinski definition) is 0. The van der Waals surface area contributed by atoms with Crippen molar-refractivity contribution in [3.63, 3.8) is 0 Å². The molecule has 100 valence electrons. The summed E-state index contributed by atoms with van der Waals surface area (Å²) in [6.45, 7) is 3.71. The van der Waals surface area contributed by atoms with Gasteiger partial charge in [0.05, 0.1) is 0 Å². The van der Waals surface area contributed by atoms with E-state index in [9.17, 15) is 4.79 Å². The molecule has 1 aliphatic heterocycles. The number of carbonyl (C=O) groups is 1. The number of methoxy groups -OCH3 is 1. The van der Waals surface area contributed by atoms with Crippen LogP contribution in [0.2, 0.25) is 0 Å². The maximum Gasteiger partial charge on any atom is 0.276 e. The Bertz CT molecular complexity index is 421. The first kappa shape index (κ1) is 13.4. The molecule has 1 aromatic rings. The van der Waals surface area contributed by atoms with Crippen LogP contribution in [0.5, 0.6) is 0 Å². The van der Waals surface area contributed by atoms with Crippen LogP contribution in [0, 0.1) is 5.92 Å². The van der Waals surface area contributed by atoms with E-state index in [1.54, 1.807) is 18.1 Å². The highest BCUT2D eigenvalue weighted by molar-refractivity contribution is 6.20. The van der Waals surface area contributed by atoms with Crippen molar-refractivity contribution < 1.29 is 14.1 Å². The highest BCUT2D eigenvalue weighted by atomic mass is 35.5. The maximum absolute atomic E-state index is 12.2. The minimum absolute atomic E-state index is 0.100. The quantitative estimate of drug-likeness (QED) is 0.789. The second-order valence-corrected chi connectivity index (χ2v) is 5.21. The van der Waals surface area contributed by atoms with Crippen LogP contribution in [0.4, 0.5) is 0 Å². The minimum Gasteiger partial charge on any atom is -0.377 e. The van der Waals surface area contributed by atoms with Crippen molar-refractivity contribution in [1.29, 1.82) is 0 Å². The van der Waals surface area contributed by atoms with Crippen LogP contribution in [-0.2, 0) is 11.3 Å². The van der Waals surface area contributed by atoms with Gasteiger partial charge in [-0.3, -0.25) is 4.79 Å². The molecule has 1 fully saturated rings. The van der Waals surface area contributed by atoms with Gasteiger partial charge >= 0.3 is 0 Å². The van der Waals surface area contributed by atoms with Gasteiger partial charge in [0.2, 0.25) is 0 Å². The van der Waals surface area contributed by atoms with E-state index in [-0.39, 0.29) is 11.3 Å². The molecule has 0 spiro atoms. The molecule has 2 atom stereocenters. The first-order chi connectivity index (χ1) is 8.61. The van der Waals surface area contributed by atoms with Crippen LogP contribution in [0.1, 0.15) is 29.6 Å². The maximum atomic E-state index is 12.2. The monoisotopic (exact) mass is 272 g/mol. The fourth-order valence-electron chi connectivity index (χ4n) is 2.09. The molecular weight excluding hydrogens is 256 g/mol. The Morgan fingerprint density at radius 3 is 3.17 bits per heavy atom. The fraction of sp³-hybridized carbons (Fsp3) is 0.667. The van der Waals surface area contributed by atoms with E-state index in [2.05, 4.69) is 12.1 Å². The number of hydrogen-bond acceptors (Lipinski definition) is 4. The lowest BCUT2D eigenvalue weighted by atomic mass is 9.99. The van der Waals surface area contributed by atoms with Crippen molar-refractivity contribution in [2.45, 2.75) is 25.3 Å². The highest BCUT2D eigenvalue weighted by Crippen LogP contribution is 2.23. The largest absolute Gasteiger partial charge is 0.377 e. The minimum atomic E-state index is -0.100. The first-order valence-electron chi connectivity index (χ1n) is 5.99.